The molecule has 0 aliphatic carbocycles. The van der Waals surface area contributed by atoms with E-state index < -0.39 is 0 Å². The Morgan fingerprint density at radius 2 is 2.00 bits per heavy atom. The smallest absolute Gasteiger partial charge is 0.307 e. The van der Waals surface area contributed by atoms with Crippen LogP contribution >= 0.6 is 0 Å². The number of carbonyl (C=O) groups is 1. The molecule has 4 heteroatoms. The van der Waals surface area contributed by atoms with Gasteiger partial charge in [-0.3, -0.25) is 4.79 Å². The Kier molecular flexibility index (Phi) is 4.79. The zero-order valence-corrected chi connectivity index (χ0v) is 9.47. The average molecular weight is 224 g/mol. The predicted molar refractivity (Wildman–Crippen MR) is 59.1 cm³/mol. The first kappa shape index (κ1) is 12.5. The highest BCUT2D eigenvalue weighted by Crippen LogP contribution is 2.19. The van der Waals surface area contributed by atoms with E-state index in [2.05, 4.69) is 4.74 Å². The Morgan fingerprint density at radius 1 is 1.38 bits per heavy atom. The third kappa shape index (κ3) is 3.90. The van der Waals surface area contributed by atoms with Crippen LogP contribution in [0.5, 0.6) is 5.75 Å². The largest absolute Gasteiger partial charge is 0.508 e. The number of hydrogen-bond acceptors (Lipinski definition) is 4. The van der Waals surface area contributed by atoms with E-state index in [1.807, 2.05) is 6.92 Å². The van der Waals surface area contributed by atoms with Crippen molar-refractivity contribution >= 4 is 5.97 Å². The molecule has 16 heavy (non-hydrogen) atoms. The average Bonchev–Trinajstić information content (AvgIpc) is 2.29. The van der Waals surface area contributed by atoms with Crippen LogP contribution in [0, 0.1) is 0 Å². The van der Waals surface area contributed by atoms with Crippen LogP contribution in [0.4, 0.5) is 0 Å². The maximum absolute atomic E-state index is 10.8. The fourth-order valence-electron chi connectivity index (χ4n) is 1.26. The Labute approximate surface area is 94.8 Å². The van der Waals surface area contributed by atoms with E-state index in [0.717, 1.165) is 5.56 Å². The highest BCUT2D eigenvalue weighted by Gasteiger charge is 2.07. The maximum atomic E-state index is 10.8. The van der Waals surface area contributed by atoms with E-state index in [4.69, 9.17) is 9.84 Å². The van der Waals surface area contributed by atoms with Gasteiger partial charge >= 0.3 is 5.97 Å². The van der Waals surface area contributed by atoms with Crippen LogP contribution < -0.4 is 0 Å². The second-order valence-electron chi connectivity index (χ2n) is 3.43. The van der Waals surface area contributed by atoms with Crippen LogP contribution in [0.2, 0.25) is 0 Å². The molecule has 0 spiro atoms. The minimum absolute atomic E-state index is 0.106. The predicted octanol–water partition coefficient (Wildman–Crippen LogP) is 2.03. The number of aromatic hydroxyl groups is 1. The molecule has 1 aromatic carbocycles. The lowest BCUT2D eigenvalue weighted by Crippen LogP contribution is -2.08. The Balaban J connectivity index is 2.37. The molecule has 1 aromatic rings. The number of carbonyl (C=O) groups excluding carboxylic acids is 1. The minimum Gasteiger partial charge on any atom is -0.508 e. The third-order valence-corrected chi connectivity index (χ3v) is 2.26. The van der Waals surface area contributed by atoms with Crippen molar-refractivity contribution in [3.63, 3.8) is 0 Å². The van der Waals surface area contributed by atoms with E-state index in [0.29, 0.717) is 6.61 Å². The number of rotatable bonds is 5. The van der Waals surface area contributed by atoms with Crippen LogP contribution in [0.25, 0.3) is 0 Å². The maximum Gasteiger partial charge on any atom is 0.307 e. The summed E-state index contributed by atoms with van der Waals surface area (Å²) in [6.07, 6.45) is 0.143. The summed E-state index contributed by atoms with van der Waals surface area (Å²) in [5.74, 6) is -0.0524. The van der Waals surface area contributed by atoms with E-state index >= 15 is 0 Å². The third-order valence-electron chi connectivity index (χ3n) is 2.26. The number of ether oxygens (including phenoxy) is 2. The molecule has 1 N–H and O–H groups in total. The second-order valence-corrected chi connectivity index (χ2v) is 3.43. The van der Waals surface area contributed by atoms with Crippen molar-refractivity contribution in [1.29, 1.82) is 0 Å². The number of hydrogen-bond donors (Lipinski definition) is 1. The van der Waals surface area contributed by atoms with Crippen LogP contribution in [0.1, 0.15) is 25.0 Å². The fourth-order valence-corrected chi connectivity index (χ4v) is 1.26. The molecular formula is C12H16O4. The van der Waals surface area contributed by atoms with Gasteiger partial charge in [0, 0.05) is 0 Å². The summed E-state index contributed by atoms with van der Waals surface area (Å²) < 4.78 is 9.96. The van der Waals surface area contributed by atoms with E-state index in [1.54, 1.807) is 24.3 Å². The van der Waals surface area contributed by atoms with Gasteiger partial charge in [-0.25, -0.2) is 0 Å². The molecule has 0 heterocycles. The fraction of sp³-hybridized carbons (Fsp3) is 0.417. The van der Waals surface area contributed by atoms with Crippen molar-refractivity contribution in [3.05, 3.63) is 29.8 Å². The molecule has 0 aliphatic heterocycles. The van der Waals surface area contributed by atoms with Crippen LogP contribution in [0.3, 0.4) is 0 Å². The summed E-state index contributed by atoms with van der Waals surface area (Å²) in [7, 11) is 1.35. The summed E-state index contributed by atoms with van der Waals surface area (Å²) in [5.41, 5.74) is 0.961. The monoisotopic (exact) mass is 224 g/mol. The molecule has 4 nitrogen and oxygen atoms in total. The summed E-state index contributed by atoms with van der Waals surface area (Å²) in [6, 6.07) is 6.79. The first-order valence-electron chi connectivity index (χ1n) is 5.11. The van der Waals surface area contributed by atoms with E-state index in [9.17, 15) is 4.79 Å². The van der Waals surface area contributed by atoms with Crippen molar-refractivity contribution in [2.24, 2.45) is 0 Å². The highest BCUT2D eigenvalue weighted by atomic mass is 16.5. The highest BCUT2D eigenvalue weighted by molar-refractivity contribution is 5.69. The quantitative estimate of drug-likeness (QED) is 0.777. The molecule has 0 saturated carbocycles. The molecule has 1 unspecified atom stereocenters. The Bertz CT molecular complexity index is 331. The van der Waals surface area contributed by atoms with Crippen LogP contribution in [-0.2, 0) is 14.3 Å². The molecule has 0 radical (unpaired) electrons. The van der Waals surface area contributed by atoms with Crippen LogP contribution in [-0.4, -0.2) is 24.8 Å². The molecular weight excluding hydrogens is 208 g/mol. The summed E-state index contributed by atoms with van der Waals surface area (Å²) in [6.45, 7) is 2.22. The van der Waals surface area contributed by atoms with Gasteiger partial charge in [0.05, 0.1) is 26.2 Å². The van der Waals surface area contributed by atoms with Gasteiger partial charge in [0.25, 0.3) is 0 Å². The van der Waals surface area contributed by atoms with Gasteiger partial charge in [-0.05, 0) is 24.6 Å². The number of esters is 1. The van der Waals surface area contributed by atoms with Crippen LogP contribution in [0.15, 0.2) is 24.3 Å². The minimum atomic E-state index is -0.280. The Morgan fingerprint density at radius 3 is 2.56 bits per heavy atom. The lowest BCUT2D eigenvalue weighted by molar-refractivity contribution is -0.142. The topological polar surface area (TPSA) is 55.8 Å². The number of phenolic OH excluding ortho intramolecular Hbond substituents is 1. The van der Waals surface area contributed by atoms with Crippen molar-refractivity contribution in [2.45, 2.75) is 19.4 Å². The zero-order chi connectivity index (χ0) is 12.0. The molecule has 1 atom stereocenters. The number of benzene rings is 1. The first-order valence-corrected chi connectivity index (χ1v) is 5.11. The lowest BCUT2D eigenvalue weighted by Gasteiger charge is -2.12. The van der Waals surface area contributed by atoms with E-state index in [-0.39, 0.29) is 24.2 Å². The SMILES string of the molecule is COC(=O)CCOC(C)c1ccc(O)cc1. The molecule has 0 aliphatic rings. The number of phenols is 1. The van der Waals surface area contributed by atoms with Gasteiger partial charge in [0.1, 0.15) is 5.75 Å². The molecule has 0 saturated heterocycles. The van der Waals surface area contributed by atoms with Gasteiger partial charge in [0.2, 0.25) is 0 Å². The van der Waals surface area contributed by atoms with Crippen molar-refractivity contribution in [1.82, 2.24) is 0 Å². The second kappa shape index (κ2) is 6.12. The molecule has 0 aromatic heterocycles. The van der Waals surface area contributed by atoms with Crippen molar-refractivity contribution in [2.75, 3.05) is 13.7 Å². The van der Waals surface area contributed by atoms with Gasteiger partial charge in [-0.1, -0.05) is 12.1 Å². The molecule has 0 bridgehead atoms. The summed E-state index contributed by atoms with van der Waals surface area (Å²) in [5, 5.41) is 9.12. The molecule has 88 valence electrons. The standard InChI is InChI=1S/C12H16O4/c1-9(16-8-7-12(14)15-2)10-3-5-11(13)6-4-10/h3-6,9,13H,7-8H2,1-2H3. The molecule has 1 rings (SSSR count). The zero-order valence-electron chi connectivity index (χ0n) is 9.47. The van der Waals surface area contributed by atoms with Gasteiger partial charge in [-0.2, -0.15) is 0 Å². The summed E-state index contributed by atoms with van der Waals surface area (Å²) >= 11 is 0. The summed E-state index contributed by atoms with van der Waals surface area (Å²) in [4.78, 5) is 10.8. The lowest BCUT2D eigenvalue weighted by atomic mass is 10.1. The van der Waals surface area contributed by atoms with E-state index in [1.165, 1.54) is 7.11 Å². The van der Waals surface area contributed by atoms with Crippen molar-refractivity contribution < 1.29 is 19.4 Å². The van der Waals surface area contributed by atoms with Crippen molar-refractivity contribution in [3.8, 4) is 5.75 Å². The Hall–Kier alpha value is -1.55. The van der Waals surface area contributed by atoms with Gasteiger partial charge in [-0.15, -0.1) is 0 Å². The number of methoxy groups -OCH3 is 1. The normalized spacial score (nSPS) is 12.1. The van der Waals surface area contributed by atoms with Gasteiger partial charge < -0.3 is 14.6 Å². The first-order chi connectivity index (χ1) is 7.63. The van der Waals surface area contributed by atoms with Gasteiger partial charge in [0.15, 0.2) is 0 Å². The molecule has 0 fully saturated rings. The molecule has 0 amide bonds.